The third kappa shape index (κ3) is 3.51. The van der Waals surface area contributed by atoms with Gasteiger partial charge in [-0.25, -0.2) is 4.79 Å². The van der Waals surface area contributed by atoms with Gasteiger partial charge in [0.1, 0.15) is 6.04 Å². The Morgan fingerprint density at radius 2 is 2.00 bits per heavy atom. The normalized spacial score (nSPS) is 19.3. The summed E-state index contributed by atoms with van der Waals surface area (Å²) >= 11 is 0. The van der Waals surface area contributed by atoms with Gasteiger partial charge in [-0.1, -0.05) is 0 Å². The molecule has 0 bridgehead atoms. The summed E-state index contributed by atoms with van der Waals surface area (Å²) in [6.45, 7) is 2.67. The lowest BCUT2D eigenvalue weighted by molar-refractivity contribution is -0.147. The maximum atomic E-state index is 11.5. The highest BCUT2D eigenvalue weighted by Crippen LogP contribution is 2.19. The molecule has 15 heavy (non-hydrogen) atoms. The summed E-state index contributed by atoms with van der Waals surface area (Å²) < 4.78 is 9.88. The number of carbonyl (C=O) groups excluding carboxylic acids is 2. The Balaban J connectivity index is 2.60. The first kappa shape index (κ1) is 12.0. The Morgan fingerprint density at radius 1 is 1.40 bits per heavy atom. The lowest BCUT2D eigenvalue weighted by Gasteiger charge is -2.28. The Bertz CT molecular complexity index is 236. The predicted molar refractivity (Wildman–Crippen MR) is 53.2 cm³/mol. The van der Waals surface area contributed by atoms with Gasteiger partial charge in [-0.2, -0.15) is 0 Å². The smallest absolute Gasteiger partial charge is 0.328 e. The van der Waals surface area contributed by atoms with E-state index < -0.39 is 6.04 Å². The van der Waals surface area contributed by atoms with Gasteiger partial charge in [0.05, 0.1) is 7.11 Å². The van der Waals surface area contributed by atoms with Crippen LogP contribution in [0.4, 0.5) is 0 Å². The molecule has 0 saturated carbocycles. The molecule has 0 aliphatic carbocycles. The molecule has 86 valence electrons. The highest BCUT2D eigenvalue weighted by molar-refractivity contribution is 5.83. The van der Waals surface area contributed by atoms with Crippen LogP contribution in [-0.2, 0) is 19.1 Å². The molecule has 1 heterocycles. The first-order valence-corrected chi connectivity index (χ1v) is 5.08. The number of ether oxygens (including phenoxy) is 2. The third-order valence-corrected chi connectivity index (χ3v) is 2.55. The summed E-state index contributed by atoms with van der Waals surface area (Å²) in [5.41, 5.74) is 0. The molecule has 1 rings (SSSR count). The second kappa shape index (κ2) is 5.70. The minimum absolute atomic E-state index is 0.120. The van der Waals surface area contributed by atoms with E-state index in [2.05, 4.69) is 10.1 Å². The van der Waals surface area contributed by atoms with Crippen molar-refractivity contribution in [3.63, 3.8) is 0 Å². The maximum Gasteiger partial charge on any atom is 0.328 e. The molecule has 1 saturated heterocycles. The molecule has 1 N–H and O–H groups in total. The van der Waals surface area contributed by atoms with Crippen LogP contribution in [0.1, 0.15) is 19.8 Å². The molecule has 0 spiro atoms. The monoisotopic (exact) mass is 215 g/mol. The molecular formula is C10H17NO4. The van der Waals surface area contributed by atoms with Crippen molar-refractivity contribution in [2.24, 2.45) is 5.92 Å². The minimum Gasteiger partial charge on any atom is -0.467 e. The number of rotatable bonds is 3. The van der Waals surface area contributed by atoms with Gasteiger partial charge < -0.3 is 14.8 Å². The van der Waals surface area contributed by atoms with Crippen LogP contribution in [0.15, 0.2) is 0 Å². The van der Waals surface area contributed by atoms with Crippen molar-refractivity contribution in [2.75, 3.05) is 20.3 Å². The molecule has 1 atom stereocenters. The number of hydrogen-bond acceptors (Lipinski definition) is 4. The van der Waals surface area contributed by atoms with E-state index in [9.17, 15) is 9.59 Å². The highest BCUT2D eigenvalue weighted by Gasteiger charge is 2.31. The van der Waals surface area contributed by atoms with Crippen LogP contribution in [0, 0.1) is 5.92 Å². The Morgan fingerprint density at radius 3 is 2.47 bits per heavy atom. The zero-order chi connectivity index (χ0) is 11.3. The summed E-state index contributed by atoms with van der Waals surface area (Å²) in [7, 11) is 1.33. The van der Waals surface area contributed by atoms with Crippen LogP contribution in [0.3, 0.4) is 0 Å². The summed E-state index contributed by atoms with van der Waals surface area (Å²) in [6.07, 6.45) is 1.56. The first-order valence-electron chi connectivity index (χ1n) is 5.08. The van der Waals surface area contributed by atoms with Crippen molar-refractivity contribution < 1.29 is 19.1 Å². The van der Waals surface area contributed by atoms with Gasteiger partial charge in [-0.15, -0.1) is 0 Å². The van der Waals surface area contributed by atoms with Gasteiger partial charge >= 0.3 is 5.97 Å². The van der Waals surface area contributed by atoms with E-state index in [4.69, 9.17) is 4.74 Å². The fourth-order valence-corrected chi connectivity index (χ4v) is 1.76. The van der Waals surface area contributed by atoms with E-state index >= 15 is 0 Å². The van der Waals surface area contributed by atoms with Crippen molar-refractivity contribution in [1.82, 2.24) is 5.32 Å². The van der Waals surface area contributed by atoms with Gasteiger partial charge in [0.2, 0.25) is 5.91 Å². The number of amides is 1. The van der Waals surface area contributed by atoms with Crippen molar-refractivity contribution in [3.05, 3.63) is 0 Å². The summed E-state index contributed by atoms with van der Waals surface area (Å²) in [5, 5.41) is 2.63. The van der Waals surface area contributed by atoms with Crippen molar-refractivity contribution in [2.45, 2.75) is 25.8 Å². The van der Waals surface area contributed by atoms with Crippen LogP contribution in [0.25, 0.3) is 0 Å². The van der Waals surface area contributed by atoms with Crippen LogP contribution in [-0.4, -0.2) is 38.2 Å². The van der Waals surface area contributed by atoms with E-state index in [0.717, 1.165) is 12.8 Å². The Kier molecular flexibility index (Phi) is 4.55. The standard InChI is InChI=1S/C10H17NO4/c1-7(12)11-9(10(13)14-2)8-3-5-15-6-4-8/h8-9H,3-6H2,1-2H3,(H,11,12). The average molecular weight is 215 g/mol. The number of carbonyl (C=O) groups is 2. The van der Waals surface area contributed by atoms with E-state index in [0.29, 0.717) is 13.2 Å². The fourth-order valence-electron chi connectivity index (χ4n) is 1.76. The molecular weight excluding hydrogens is 198 g/mol. The van der Waals surface area contributed by atoms with Gasteiger partial charge in [-0.05, 0) is 18.8 Å². The van der Waals surface area contributed by atoms with Gasteiger partial charge in [0, 0.05) is 20.1 Å². The number of esters is 1. The second-order valence-electron chi connectivity index (χ2n) is 3.65. The quantitative estimate of drug-likeness (QED) is 0.678. The van der Waals surface area contributed by atoms with Crippen molar-refractivity contribution in [3.8, 4) is 0 Å². The SMILES string of the molecule is COC(=O)C(NC(C)=O)C1CCOCC1. The van der Waals surface area contributed by atoms with Crippen LogP contribution in [0.2, 0.25) is 0 Å². The fraction of sp³-hybridized carbons (Fsp3) is 0.800. The van der Waals surface area contributed by atoms with Gasteiger partial charge in [-0.3, -0.25) is 4.79 Å². The molecule has 1 unspecified atom stereocenters. The zero-order valence-corrected chi connectivity index (χ0v) is 9.12. The van der Waals surface area contributed by atoms with Crippen LogP contribution < -0.4 is 5.32 Å². The molecule has 0 radical (unpaired) electrons. The number of hydrogen-bond donors (Lipinski definition) is 1. The van der Waals surface area contributed by atoms with Crippen LogP contribution in [0.5, 0.6) is 0 Å². The number of nitrogens with one attached hydrogen (secondary N) is 1. The molecule has 1 aliphatic rings. The van der Waals surface area contributed by atoms with Crippen LogP contribution >= 0.6 is 0 Å². The lowest BCUT2D eigenvalue weighted by Crippen LogP contribution is -2.47. The molecule has 5 nitrogen and oxygen atoms in total. The molecule has 0 aromatic carbocycles. The molecule has 0 aromatic rings. The summed E-state index contributed by atoms with van der Waals surface area (Å²) in [6, 6.07) is -0.531. The van der Waals surface area contributed by atoms with E-state index in [1.54, 1.807) is 0 Å². The van der Waals surface area contributed by atoms with E-state index in [1.807, 2.05) is 0 Å². The summed E-state index contributed by atoms with van der Waals surface area (Å²) in [5.74, 6) is -0.468. The lowest BCUT2D eigenvalue weighted by atomic mass is 9.91. The average Bonchev–Trinajstić information content (AvgIpc) is 2.26. The largest absolute Gasteiger partial charge is 0.467 e. The first-order chi connectivity index (χ1) is 7.15. The van der Waals surface area contributed by atoms with E-state index in [1.165, 1.54) is 14.0 Å². The maximum absolute atomic E-state index is 11.5. The Hall–Kier alpha value is -1.10. The second-order valence-corrected chi connectivity index (χ2v) is 3.65. The molecule has 0 aromatic heterocycles. The molecule has 1 fully saturated rings. The topological polar surface area (TPSA) is 64.6 Å². The molecule has 1 amide bonds. The zero-order valence-electron chi connectivity index (χ0n) is 9.12. The van der Waals surface area contributed by atoms with Crippen molar-refractivity contribution in [1.29, 1.82) is 0 Å². The Labute approximate surface area is 89.1 Å². The summed E-state index contributed by atoms with van der Waals surface area (Å²) in [4.78, 5) is 22.4. The third-order valence-electron chi connectivity index (χ3n) is 2.55. The van der Waals surface area contributed by atoms with Gasteiger partial charge in [0.15, 0.2) is 0 Å². The molecule has 1 aliphatic heterocycles. The molecule has 5 heteroatoms. The predicted octanol–water partition coefficient (Wildman–Crippen LogP) is 0.0907. The van der Waals surface area contributed by atoms with Gasteiger partial charge in [0.25, 0.3) is 0 Å². The van der Waals surface area contributed by atoms with E-state index in [-0.39, 0.29) is 17.8 Å². The number of methoxy groups -OCH3 is 1. The minimum atomic E-state index is -0.531. The highest BCUT2D eigenvalue weighted by atomic mass is 16.5. The van der Waals surface area contributed by atoms with Crippen molar-refractivity contribution >= 4 is 11.9 Å².